The van der Waals surface area contributed by atoms with Crippen molar-refractivity contribution in [1.82, 2.24) is 0 Å². The van der Waals surface area contributed by atoms with Crippen molar-refractivity contribution in [1.29, 1.82) is 0 Å². The monoisotopic (exact) mass is 644 g/mol. The van der Waals surface area contributed by atoms with E-state index in [2.05, 4.69) is 41.5 Å². The van der Waals surface area contributed by atoms with Crippen LogP contribution in [0.2, 0.25) is 0 Å². The Balaban J connectivity index is 0.000000139. The van der Waals surface area contributed by atoms with Crippen LogP contribution < -0.4 is 0 Å². The lowest BCUT2D eigenvalue weighted by Gasteiger charge is -2.32. The summed E-state index contributed by atoms with van der Waals surface area (Å²) in [6.45, 7) is 19.9. The zero-order chi connectivity index (χ0) is 33.8. The third kappa shape index (κ3) is 6.88. The molecule has 1 saturated heterocycles. The Morgan fingerprint density at radius 1 is 0.652 bits per heavy atom. The largest absolute Gasteiger partial charge is 0.481 e. The van der Waals surface area contributed by atoms with Crippen molar-refractivity contribution in [3.8, 4) is 0 Å². The number of rotatable bonds is 4. The van der Waals surface area contributed by atoms with Crippen LogP contribution in [0.4, 0.5) is 0 Å². The molecule has 6 bridgehead atoms. The van der Waals surface area contributed by atoms with E-state index < -0.39 is 12.1 Å². The normalized spacial score (nSPS) is 46.2. The zero-order valence-corrected chi connectivity index (χ0v) is 29.7. The highest BCUT2D eigenvalue weighted by atomic mass is 16.6. The van der Waals surface area contributed by atoms with Crippen LogP contribution in [-0.4, -0.2) is 47.3 Å². The van der Waals surface area contributed by atoms with Crippen LogP contribution in [0.1, 0.15) is 107 Å². The molecule has 1 heterocycles. The summed E-state index contributed by atoms with van der Waals surface area (Å²) < 4.78 is 15.7. The molecule has 260 valence electrons. The van der Waals surface area contributed by atoms with Crippen LogP contribution in [0.5, 0.6) is 0 Å². The summed E-state index contributed by atoms with van der Waals surface area (Å²) in [5, 5.41) is 8.94. The molecule has 0 aromatic rings. The van der Waals surface area contributed by atoms with Gasteiger partial charge in [-0.05, 0) is 130 Å². The zero-order valence-electron chi connectivity index (χ0n) is 29.7. The second-order valence-corrected chi connectivity index (χ2v) is 17.4. The van der Waals surface area contributed by atoms with Crippen molar-refractivity contribution in [2.24, 2.45) is 88.8 Å². The number of hydrogen-bond acceptors (Lipinski definition) is 7. The topological polar surface area (TPSA) is 116 Å². The van der Waals surface area contributed by atoms with Gasteiger partial charge in [0.2, 0.25) is 6.10 Å². The first-order valence-electron chi connectivity index (χ1n) is 18.3. The number of carbonyl (C=O) groups is 4. The van der Waals surface area contributed by atoms with Gasteiger partial charge in [0, 0.05) is 6.42 Å². The van der Waals surface area contributed by atoms with Crippen LogP contribution in [-0.2, 0) is 33.4 Å². The van der Waals surface area contributed by atoms with Crippen molar-refractivity contribution in [3.63, 3.8) is 0 Å². The molecule has 1 aliphatic heterocycles. The van der Waals surface area contributed by atoms with E-state index in [1.807, 2.05) is 20.8 Å². The molecule has 16 atom stereocenters. The predicted octanol–water partition coefficient (Wildman–Crippen LogP) is 7.03. The van der Waals surface area contributed by atoms with Gasteiger partial charge in [0.05, 0.1) is 24.4 Å². The molecular weight excluding hydrogens is 584 g/mol. The number of carboxylic acids is 1. The molecule has 1 N–H and O–H groups in total. The Morgan fingerprint density at radius 3 is 1.41 bits per heavy atom. The first-order chi connectivity index (χ1) is 21.5. The van der Waals surface area contributed by atoms with Gasteiger partial charge in [-0.15, -0.1) is 0 Å². The summed E-state index contributed by atoms with van der Waals surface area (Å²) in [4.78, 5) is 46.4. The van der Waals surface area contributed by atoms with Crippen molar-refractivity contribution in [2.45, 2.75) is 119 Å². The molecule has 0 spiro atoms. The fraction of sp³-hybridized carbons (Fsp3) is 0.895. The fourth-order valence-electron chi connectivity index (χ4n) is 10.8. The molecule has 0 aromatic heterocycles. The van der Waals surface area contributed by atoms with Crippen molar-refractivity contribution in [3.05, 3.63) is 0 Å². The summed E-state index contributed by atoms with van der Waals surface area (Å²) in [6, 6.07) is 0. The number of cyclic esters (lactones) is 1. The Kier molecular flexibility index (Phi) is 10.3. The Morgan fingerprint density at radius 2 is 1.07 bits per heavy atom. The minimum atomic E-state index is -0.649. The molecule has 7 rings (SSSR count). The van der Waals surface area contributed by atoms with Crippen LogP contribution in [0.3, 0.4) is 0 Å². The van der Waals surface area contributed by atoms with E-state index in [9.17, 15) is 19.2 Å². The van der Waals surface area contributed by atoms with Gasteiger partial charge in [-0.2, -0.15) is 0 Å². The molecule has 0 amide bonds. The Bertz CT molecular complexity index is 1150. The van der Waals surface area contributed by atoms with Crippen LogP contribution in [0, 0.1) is 88.8 Å². The van der Waals surface area contributed by atoms with E-state index in [1.165, 1.54) is 12.8 Å². The van der Waals surface area contributed by atoms with Gasteiger partial charge in [0.1, 0.15) is 5.60 Å². The highest BCUT2D eigenvalue weighted by molar-refractivity contribution is 5.82. The Hall–Kier alpha value is -2.12. The summed E-state index contributed by atoms with van der Waals surface area (Å²) in [7, 11) is 0. The predicted molar refractivity (Wildman–Crippen MR) is 173 cm³/mol. The fourth-order valence-corrected chi connectivity index (χ4v) is 10.8. The molecule has 7 fully saturated rings. The lowest BCUT2D eigenvalue weighted by Crippen LogP contribution is -2.35. The highest BCUT2D eigenvalue weighted by Gasteiger charge is 2.54. The molecule has 0 radical (unpaired) electrons. The molecule has 46 heavy (non-hydrogen) atoms. The van der Waals surface area contributed by atoms with Crippen molar-refractivity contribution < 1.29 is 38.5 Å². The van der Waals surface area contributed by atoms with Crippen LogP contribution in [0.15, 0.2) is 0 Å². The second kappa shape index (κ2) is 13.4. The smallest absolute Gasteiger partial charge is 0.347 e. The van der Waals surface area contributed by atoms with E-state index in [0.29, 0.717) is 60.4 Å². The number of carboxylic acid groups (broad SMARTS) is 1. The van der Waals surface area contributed by atoms with E-state index in [1.54, 1.807) is 0 Å². The average molecular weight is 645 g/mol. The molecular formula is C38H60O8. The molecule has 6 aliphatic carbocycles. The maximum atomic E-state index is 12.2. The van der Waals surface area contributed by atoms with E-state index in [0.717, 1.165) is 49.4 Å². The summed E-state index contributed by atoms with van der Waals surface area (Å²) in [6.07, 6.45) is 6.36. The van der Waals surface area contributed by atoms with Gasteiger partial charge in [-0.1, -0.05) is 41.5 Å². The lowest BCUT2D eigenvalue weighted by atomic mass is 9.76. The quantitative estimate of drug-likeness (QED) is 0.256. The van der Waals surface area contributed by atoms with Crippen LogP contribution in [0.25, 0.3) is 0 Å². The van der Waals surface area contributed by atoms with Crippen molar-refractivity contribution >= 4 is 23.9 Å². The first kappa shape index (κ1) is 35.2. The number of aliphatic carboxylic acids is 1. The minimum Gasteiger partial charge on any atom is -0.481 e. The number of ether oxygens (including phenoxy) is 3. The molecule has 7 aliphatic rings. The summed E-state index contributed by atoms with van der Waals surface area (Å²) in [5.41, 5.74) is -0.340. The van der Waals surface area contributed by atoms with Gasteiger partial charge >= 0.3 is 23.9 Å². The van der Waals surface area contributed by atoms with Crippen molar-refractivity contribution in [2.75, 3.05) is 6.61 Å². The SMILES string of the molecule is CC1C2CC(C(=O)O)C(C2)C1C.CC1C2CC(C(=O)OC(C)(C)C)C(C2)C1C.CC1C2CC(C(=O)OC3CCOC3=O)C(C2)C1C. The molecule has 16 unspecified atom stereocenters. The van der Waals surface area contributed by atoms with Gasteiger partial charge in [0.15, 0.2) is 0 Å². The lowest BCUT2D eigenvalue weighted by molar-refractivity contribution is -0.165. The minimum absolute atomic E-state index is 0.00889. The molecule has 8 heteroatoms. The third-order valence-electron chi connectivity index (χ3n) is 14.2. The number of carbonyl (C=O) groups excluding carboxylic acids is 3. The van der Waals surface area contributed by atoms with E-state index in [4.69, 9.17) is 19.3 Å². The maximum Gasteiger partial charge on any atom is 0.347 e. The molecule has 0 aromatic carbocycles. The van der Waals surface area contributed by atoms with E-state index >= 15 is 0 Å². The van der Waals surface area contributed by atoms with Gasteiger partial charge < -0.3 is 19.3 Å². The first-order valence-corrected chi connectivity index (χ1v) is 18.3. The standard InChI is InChI=1S/C14H20O4.C14H24O2.C10H16O2/c1-7-8(2)10-5-9(7)6-11(10)13(15)18-12-3-4-17-14(12)16;1-8-9(2)11-6-10(8)7-12(11)13(15)16-14(3,4)5;1-5-6(2)8-3-7(5)4-9(8)10(11)12/h7-12H,3-6H2,1-2H3;8-12H,6-7H2,1-5H3;5-9H,3-4H2,1-2H3,(H,11,12). The number of esters is 3. The van der Waals surface area contributed by atoms with Gasteiger partial charge in [-0.25, -0.2) is 4.79 Å². The molecule has 8 nitrogen and oxygen atoms in total. The number of fused-ring (bicyclic) bond motifs is 6. The number of hydrogen-bond donors (Lipinski definition) is 1. The second-order valence-electron chi connectivity index (χ2n) is 17.4. The summed E-state index contributed by atoms with van der Waals surface area (Å²) >= 11 is 0. The summed E-state index contributed by atoms with van der Waals surface area (Å²) in [5.74, 6) is 6.89. The van der Waals surface area contributed by atoms with E-state index in [-0.39, 0.29) is 41.3 Å². The average Bonchev–Trinajstić information content (AvgIpc) is 3.83. The third-order valence-corrected chi connectivity index (χ3v) is 14.2. The van der Waals surface area contributed by atoms with Crippen LogP contribution >= 0.6 is 0 Å². The maximum absolute atomic E-state index is 12.2. The van der Waals surface area contributed by atoms with Gasteiger partial charge in [0.25, 0.3) is 0 Å². The molecule has 6 saturated carbocycles. The Labute approximate surface area is 276 Å². The highest BCUT2D eigenvalue weighted by Crippen LogP contribution is 2.57. The van der Waals surface area contributed by atoms with Gasteiger partial charge in [-0.3, -0.25) is 14.4 Å².